The van der Waals surface area contributed by atoms with Crippen molar-refractivity contribution in [3.05, 3.63) is 0 Å². The maximum absolute atomic E-state index is 3.62. The number of rotatable bonds is 8. The van der Waals surface area contributed by atoms with Gasteiger partial charge in [0.2, 0.25) is 0 Å². The fourth-order valence-electron chi connectivity index (χ4n) is 2.58. The molecule has 1 saturated heterocycles. The van der Waals surface area contributed by atoms with Gasteiger partial charge in [-0.1, -0.05) is 46.0 Å². The minimum absolute atomic E-state index is 0.759. The van der Waals surface area contributed by atoms with Crippen molar-refractivity contribution in [2.24, 2.45) is 0 Å². The van der Waals surface area contributed by atoms with Crippen molar-refractivity contribution in [1.29, 1.82) is 0 Å². The molecule has 1 N–H and O–H groups in total. The SMILES string of the molecule is CCCCCCCN1CCNC(CCC)C1. The van der Waals surface area contributed by atoms with Crippen LogP contribution in [0.5, 0.6) is 0 Å². The highest BCUT2D eigenvalue weighted by Gasteiger charge is 2.17. The van der Waals surface area contributed by atoms with Crippen molar-refractivity contribution >= 4 is 0 Å². The summed E-state index contributed by atoms with van der Waals surface area (Å²) < 4.78 is 0. The Kier molecular flexibility index (Phi) is 7.87. The molecule has 0 radical (unpaired) electrons. The average Bonchev–Trinajstić information content (AvgIpc) is 2.30. The van der Waals surface area contributed by atoms with Gasteiger partial charge in [0.15, 0.2) is 0 Å². The predicted molar refractivity (Wildman–Crippen MR) is 71.9 cm³/mol. The van der Waals surface area contributed by atoms with E-state index in [-0.39, 0.29) is 0 Å². The van der Waals surface area contributed by atoms with Crippen LogP contribution >= 0.6 is 0 Å². The number of nitrogens with zero attached hydrogens (tertiary/aromatic N) is 1. The Balaban J connectivity index is 2.02. The van der Waals surface area contributed by atoms with Crippen LogP contribution in [0.2, 0.25) is 0 Å². The molecule has 1 atom stereocenters. The third kappa shape index (κ3) is 5.86. The van der Waals surface area contributed by atoms with E-state index in [4.69, 9.17) is 0 Å². The smallest absolute Gasteiger partial charge is 0.0195 e. The molecule has 0 aromatic heterocycles. The summed E-state index contributed by atoms with van der Waals surface area (Å²) in [6.07, 6.45) is 9.68. The Morgan fingerprint density at radius 1 is 1.06 bits per heavy atom. The van der Waals surface area contributed by atoms with Crippen molar-refractivity contribution in [3.8, 4) is 0 Å². The van der Waals surface area contributed by atoms with Crippen LogP contribution in [0.15, 0.2) is 0 Å². The van der Waals surface area contributed by atoms with Crippen LogP contribution < -0.4 is 5.32 Å². The molecule has 0 aromatic rings. The lowest BCUT2D eigenvalue weighted by Crippen LogP contribution is -2.50. The fraction of sp³-hybridized carbons (Fsp3) is 1.00. The number of hydrogen-bond acceptors (Lipinski definition) is 2. The minimum Gasteiger partial charge on any atom is -0.311 e. The highest BCUT2D eigenvalue weighted by atomic mass is 15.2. The summed E-state index contributed by atoms with van der Waals surface area (Å²) in [5.74, 6) is 0. The minimum atomic E-state index is 0.759. The number of piperazine rings is 1. The van der Waals surface area contributed by atoms with Gasteiger partial charge in [-0.3, -0.25) is 0 Å². The Bertz CT molecular complexity index is 157. The maximum Gasteiger partial charge on any atom is 0.0195 e. The highest BCUT2D eigenvalue weighted by molar-refractivity contribution is 4.77. The van der Waals surface area contributed by atoms with Gasteiger partial charge in [-0.05, 0) is 19.4 Å². The molecule has 1 rings (SSSR count). The lowest BCUT2D eigenvalue weighted by molar-refractivity contribution is 0.190. The Labute approximate surface area is 102 Å². The van der Waals surface area contributed by atoms with Crippen LogP contribution in [0.25, 0.3) is 0 Å². The van der Waals surface area contributed by atoms with Crippen molar-refractivity contribution < 1.29 is 0 Å². The van der Waals surface area contributed by atoms with E-state index in [1.165, 1.54) is 71.1 Å². The van der Waals surface area contributed by atoms with Gasteiger partial charge in [0.25, 0.3) is 0 Å². The Morgan fingerprint density at radius 3 is 2.62 bits per heavy atom. The average molecular weight is 226 g/mol. The monoisotopic (exact) mass is 226 g/mol. The highest BCUT2D eigenvalue weighted by Crippen LogP contribution is 2.08. The normalized spacial score (nSPS) is 22.5. The topological polar surface area (TPSA) is 15.3 Å². The Morgan fingerprint density at radius 2 is 1.88 bits per heavy atom. The molecular formula is C14H30N2. The zero-order valence-electron chi connectivity index (χ0n) is 11.3. The van der Waals surface area contributed by atoms with Crippen molar-refractivity contribution in [3.63, 3.8) is 0 Å². The van der Waals surface area contributed by atoms with E-state index in [2.05, 4.69) is 24.1 Å². The molecule has 1 unspecified atom stereocenters. The third-order valence-electron chi connectivity index (χ3n) is 3.55. The standard InChI is InChI=1S/C14H30N2/c1-3-5-6-7-8-11-16-12-10-15-14(13-16)9-4-2/h14-15H,3-13H2,1-2H3. The van der Waals surface area contributed by atoms with Crippen LogP contribution in [0, 0.1) is 0 Å². The second-order valence-electron chi connectivity index (χ2n) is 5.15. The molecule has 0 spiro atoms. The maximum atomic E-state index is 3.62. The quantitative estimate of drug-likeness (QED) is 0.640. The summed E-state index contributed by atoms with van der Waals surface area (Å²) in [5.41, 5.74) is 0. The van der Waals surface area contributed by atoms with Crippen molar-refractivity contribution in [1.82, 2.24) is 10.2 Å². The van der Waals surface area contributed by atoms with E-state index in [9.17, 15) is 0 Å². The molecule has 0 aliphatic carbocycles. The third-order valence-corrected chi connectivity index (χ3v) is 3.55. The molecule has 0 aromatic carbocycles. The van der Waals surface area contributed by atoms with E-state index >= 15 is 0 Å². The van der Waals surface area contributed by atoms with Gasteiger partial charge in [-0.15, -0.1) is 0 Å². The molecule has 1 aliphatic heterocycles. The summed E-state index contributed by atoms with van der Waals surface area (Å²) >= 11 is 0. The molecule has 0 amide bonds. The van der Waals surface area contributed by atoms with Gasteiger partial charge in [0.05, 0.1) is 0 Å². The van der Waals surface area contributed by atoms with E-state index in [1.807, 2.05) is 0 Å². The van der Waals surface area contributed by atoms with Gasteiger partial charge in [0, 0.05) is 25.7 Å². The van der Waals surface area contributed by atoms with E-state index in [1.54, 1.807) is 0 Å². The fourth-order valence-corrected chi connectivity index (χ4v) is 2.58. The first-order valence-corrected chi connectivity index (χ1v) is 7.32. The molecule has 96 valence electrons. The molecule has 1 aliphatic rings. The summed E-state index contributed by atoms with van der Waals surface area (Å²) in [4.78, 5) is 2.66. The largest absolute Gasteiger partial charge is 0.311 e. The van der Waals surface area contributed by atoms with Crippen LogP contribution in [-0.2, 0) is 0 Å². The van der Waals surface area contributed by atoms with Crippen LogP contribution in [-0.4, -0.2) is 37.1 Å². The van der Waals surface area contributed by atoms with Gasteiger partial charge in [0.1, 0.15) is 0 Å². The van der Waals surface area contributed by atoms with E-state index < -0.39 is 0 Å². The lowest BCUT2D eigenvalue weighted by atomic mass is 10.1. The lowest BCUT2D eigenvalue weighted by Gasteiger charge is -2.33. The zero-order chi connectivity index (χ0) is 11.6. The number of nitrogens with one attached hydrogen (secondary N) is 1. The second-order valence-corrected chi connectivity index (χ2v) is 5.15. The Hall–Kier alpha value is -0.0800. The molecule has 16 heavy (non-hydrogen) atoms. The number of unbranched alkanes of at least 4 members (excludes halogenated alkanes) is 4. The van der Waals surface area contributed by atoms with Crippen molar-refractivity contribution in [2.45, 2.75) is 64.8 Å². The summed E-state index contributed by atoms with van der Waals surface area (Å²) in [6.45, 7) is 9.62. The molecule has 1 heterocycles. The van der Waals surface area contributed by atoms with Gasteiger partial charge in [-0.25, -0.2) is 0 Å². The van der Waals surface area contributed by atoms with Crippen molar-refractivity contribution in [2.75, 3.05) is 26.2 Å². The van der Waals surface area contributed by atoms with E-state index in [0.29, 0.717) is 0 Å². The predicted octanol–water partition coefficient (Wildman–Crippen LogP) is 3.03. The molecule has 2 nitrogen and oxygen atoms in total. The summed E-state index contributed by atoms with van der Waals surface area (Å²) in [5, 5.41) is 3.62. The van der Waals surface area contributed by atoms with Gasteiger partial charge in [-0.2, -0.15) is 0 Å². The van der Waals surface area contributed by atoms with Crippen LogP contribution in [0.4, 0.5) is 0 Å². The first-order chi connectivity index (χ1) is 7.86. The first kappa shape index (κ1) is 14.0. The first-order valence-electron chi connectivity index (χ1n) is 7.32. The second kappa shape index (κ2) is 9.00. The zero-order valence-corrected chi connectivity index (χ0v) is 11.3. The molecular weight excluding hydrogens is 196 g/mol. The van der Waals surface area contributed by atoms with Crippen LogP contribution in [0.3, 0.4) is 0 Å². The van der Waals surface area contributed by atoms with E-state index in [0.717, 1.165) is 6.04 Å². The summed E-state index contributed by atoms with van der Waals surface area (Å²) in [7, 11) is 0. The van der Waals surface area contributed by atoms with Gasteiger partial charge >= 0.3 is 0 Å². The molecule has 1 fully saturated rings. The van der Waals surface area contributed by atoms with Gasteiger partial charge < -0.3 is 10.2 Å². The molecule has 0 bridgehead atoms. The molecule has 0 saturated carbocycles. The van der Waals surface area contributed by atoms with Crippen LogP contribution in [0.1, 0.15) is 58.8 Å². The molecule has 2 heteroatoms. The summed E-state index contributed by atoms with van der Waals surface area (Å²) in [6, 6.07) is 0.759. The number of hydrogen-bond donors (Lipinski definition) is 1.